The number of nitrogens with two attached hydrogens (primary N) is 1. The van der Waals surface area contributed by atoms with Gasteiger partial charge in [0.05, 0.1) is 27.9 Å². The standard InChI is InChI=1S/C21H24Cl2N4O.ClH/c1-3-9-26(10-4-2)19(28)12-18-20(14-5-7-16(24)8-6-14)25-21-17(23)11-15(22)13-27(18)21;/h5-8,11,13H,3-4,9-10,12,24H2,1-2H3;1H. The number of nitrogen functional groups attached to an aromatic ring is 1. The van der Waals surface area contributed by atoms with E-state index in [4.69, 9.17) is 33.9 Å². The molecule has 0 radical (unpaired) electrons. The molecule has 3 rings (SSSR count). The van der Waals surface area contributed by atoms with Gasteiger partial charge >= 0.3 is 0 Å². The maximum Gasteiger partial charge on any atom is 0.228 e. The Kier molecular flexibility index (Phi) is 8.20. The van der Waals surface area contributed by atoms with Crippen LogP contribution in [-0.4, -0.2) is 33.3 Å². The summed E-state index contributed by atoms with van der Waals surface area (Å²) in [5.41, 5.74) is 9.44. The minimum Gasteiger partial charge on any atom is -0.399 e. The Hall–Kier alpha value is -1.95. The maximum absolute atomic E-state index is 13.0. The number of pyridine rings is 1. The predicted octanol–water partition coefficient (Wildman–Crippen LogP) is 5.50. The lowest BCUT2D eigenvalue weighted by molar-refractivity contribution is -0.130. The Morgan fingerprint density at radius 3 is 2.34 bits per heavy atom. The fourth-order valence-corrected chi connectivity index (χ4v) is 3.83. The van der Waals surface area contributed by atoms with Crippen LogP contribution in [0.15, 0.2) is 36.5 Å². The number of hydrogen-bond donors (Lipinski definition) is 1. The molecular formula is C21H25Cl3N4O. The Bertz CT molecular complexity index is 980. The van der Waals surface area contributed by atoms with Gasteiger partial charge in [0.15, 0.2) is 5.65 Å². The van der Waals surface area contributed by atoms with Crippen LogP contribution in [0.25, 0.3) is 16.9 Å². The number of benzene rings is 1. The summed E-state index contributed by atoms with van der Waals surface area (Å²) >= 11 is 12.6. The molecule has 1 amide bonds. The molecule has 29 heavy (non-hydrogen) atoms. The summed E-state index contributed by atoms with van der Waals surface area (Å²) in [5, 5.41) is 0.938. The minimum atomic E-state index is 0. The molecule has 0 atom stereocenters. The van der Waals surface area contributed by atoms with E-state index < -0.39 is 0 Å². The van der Waals surface area contributed by atoms with E-state index in [-0.39, 0.29) is 24.7 Å². The first-order valence-electron chi connectivity index (χ1n) is 9.44. The van der Waals surface area contributed by atoms with Crippen LogP contribution in [0.5, 0.6) is 0 Å². The van der Waals surface area contributed by atoms with Gasteiger partial charge < -0.3 is 15.0 Å². The highest BCUT2D eigenvalue weighted by Crippen LogP contribution is 2.30. The third-order valence-corrected chi connectivity index (χ3v) is 5.07. The zero-order valence-electron chi connectivity index (χ0n) is 16.5. The van der Waals surface area contributed by atoms with Crippen molar-refractivity contribution in [3.05, 3.63) is 52.3 Å². The molecule has 0 bridgehead atoms. The number of hydrogen-bond acceptors (Lipinski definition) is 3. The van der Waals surface area contributed by atoms with Gasteiger partial charge in [0.2, 0.25) is 5.91 Å². The van der Waals surface area contributed by atoms with Crippen molar-refractivity contribution >= 4 is 52.9 Å². The average molecular weight is 456 g/mol. The van der Waals surface area contributed by atoms with E-state index in [2.05, 4.69) is 13.8 Å². The zero-order valence-corrected chi connectivity index (χ0v) is 18.8. The van der Waals surface area contributed by atoms with Crippen molar-refractivity contribution in [2.45, 2.75) is 33.1 Å². The number of carbonyl (C=O) groups is 1. The summed E-state index contributed by atoms with van der Waals surface area (Å²) < 4.78 is 1.82. The minimum absolute atomic E-state index is 0. The number of imidazole rings is 1. The number of carbonyl (C=O) groups excluding carboxylic acids is 1. The Morgan fingerprint density at radius 2 is 1.76 bits per heavy atom. The first kappa shape index (κ1) is 23.3. The summed E-state index contributed by atoms with van der Waals surface area (Å²) in [7, 11) is 0. The first-order valence-corrected chi connectivity index (χ1v) is 10.2. The maximum atomic E-state index is 13.0. The molecule has 2 aromatic heterocycles. The number of halogens is 3. The van der Waals surface area contributed by atoms with Crippen LogP contribution >= 0.6 is 35.6 Å². The lowest BCUT2D eigenvalue weighted by atomic mass is 10.1. The van der Waals surface area contributed by atoms with E-state index in [1.165, 1.54) is 0 Å². The highest BCUT2D eigenvalue weighted by Gasteiger charge is 2.21. The van der Waals surface area contributed by atoms with Gasteiger partial charge in [0.25, 0.3) is 0 Å². The van der Waals surface area contributed by atoms with Crippen LogP contribution < -0.4 is 5.73 Å². The molecule has 5 nitrogen and oxygen atoms in total. The van der Waals surface area contributed by atoms with Crippen molar-refractivity contribution in [1.29, 1.82) is 0 Å². The Labute approximate surface area is 187 Å². The molecule has 0 unspecified atom stereocenters. The molecular weight excluding hydrogens is 431 g/mol. The SMILES string of the molecule is CCCN(CCC)C(=O)Cc1c(-c2ccc(N)cc2)nc2c(Cl)cc(Cl)cn12.Cl. The molecule has 3 aromatic rings. The smallest absolute Gasteiger partial charge is 0.228 e. The lowest BCUT2D eigenvalue weighted by Crippen LogP contribution is -2.34. The largest absolute Gasteiger partial charge is 0.399 e. The zero-order chi connectivity index (χ0) is 20.3. The summed E-state index contributed by atoms with van der Waals surface area (Å²) in [6.07, 6.45) is 3.81. The molecule has 0 aliphatic carbocycles. The second-order valence-corrected chi connectivity index (χ2v) is 7.63. The summed E-state index contributed by atoms with van der Waals surface area (Å²) in [4.78, 5) is 19.7. The molecule has 156 valence electrons. The van der Waals surface area contributed by atoms with Gasteiger partial charge in [-0.1, -0.05) is 49.2 Å². The first-order chi connectivity index (χ1) is 13.4. The monoisotopic (exact) mass is 454 g/mol. The van der Waals surface area contributed by atoms with Crippen LogP contribution in [0.2, 0.25) is 10.0 Å². The fraction of sp³-hybridized carbons (Fsp3) is 0.333. The van der Waals surface area contributed by atoms with Crippen LogP contribution in [0, 0.1) is 0 Å². The molecule has 8 heteroatoms. The van der Waals surface area contributed by atoms with Crippen molar-refractivity contribution < 1.29 is 4.79 Å². The molecule has 0 spiro atoms. The van der Waals surface area contributed by atoms with E-state index in [9.17, 15) is 4.79 Å². The van der Waals surface area contributed by atoms with Crippen LogP contribution in [0.1, 0.15) is 32.4 Å². The predicted molar refractivity (Wildman–Crippen MR) is 123 cm³/mol. The van der Waals surface area contributed by atoms with Gasteiger partial charge in [-0.25, -0.2) is 4.98 Å². The van der Waals surface area contributed by atoms with Crippen molar-refractivity contribution in [2.75, 3.05) is 18.8 Å². The number of fused-ring (bicyclic) bond motifs is 1. The number of aromatic nitrogens is 2. The van der Waals surface area contributed by atoms with E-state index >= 15 is 0 Å². The molecule has 2 N–H and O–H groups in total. The quantitative estimate of drug-likeness (QED) is 0.478. The van der Waals surface area contributed by atoms with Gasteiger partial charge in [-0.2, -0.15) is 0 Å². The molecule has 2 heterocycles. The van der Waals surface area contributed by atoms with Crippen LogP contribution in [0.4, 0.5) is 5.69 Å². The topological polar surface area (TPSA) is 63.6 Å². The van der Waals surface area contributed by atoms with E-state index in [1.807, 2.05) is 33.6 Å². The lowest BCUT2D eigenvalue weighted by Gasteiger charge is -2.21. The van der Waals surface area contributed by atoms with Gasteiger partial charge in [-0.3, -0.25) is 4.79 Å². The van der Waals surface area contributed by atoms with Gasteiger partial charge in [0, 0.05) is 30.5 Å². The summed E-state index contributed by atoms with van der Waals surface area (Å²) in [5.74, 6) is 0.0679. The number of nitrogens with zero attached hydrogens (tertiary/aromatic N) is 3. The third kappa shape index (κ3) is 5.16. The van der Waals surface area contributed by atoms with Crippen LogP contribution in [-0.2, 0) is 11.2 Å². The molecule has 0 aliphatic heterocycles. The fourth-order valence-electron chi connectivity index (χ4n) is 3.32. The number of rotatable bonds is 7. The molecule has 1 aromatic carbocycles. The second-order valence-electron chi connectivity index (χ2n) is 6.79. The van der Waals surface area contributed by atoms with Crippen molar-refractivity contribution in [1.82, 2.24) is 14.3 Å². The number of amides is 1. The summed E-state index contributed by atoms with van der Waals surface area (Å²) in [6, 6.07) is 9.09. The van der Waals surface area contributed by atoms with Crippen molar-refractivity contribution in [3.63, 3.8) is 0 Å². The molecule has 0 saturated carbocycles. The second kappa shape index (κ2) is 10.2. The number of anilines is 1. The Morgan fingerprint density at radius 1 is 1.14 bits per heavy atom. The van der Waals surface area contributed by atoms with Gasteiger partial charge in [-0.05, 0) is 31.0 Å². The van der Waals surface area contributed by atoms with Crippen molar-refractivity contribution in [3.8, 4) is 11.3 Å². The van der Waals surface area contributed by atoms with Gasteiger partial charge in [-0.15, -0.1) is 12.4 Å². The highest BCUT2D eigenvalue weighted by molar-refractivity contribution is 6.36. The van der Waals surface area contributed by atoms with E-state index in [1.54, 1.807) is 12.3 Å². The average Bonchev–Trinajstić information content (AvgIpc) is 3.01. The molecule has 0 saturated heterocycles. The molecule has 0 aliphatic rings. The van der Waals surface area contributed by atoms with Crippen LogP contribution in [0.3, 0.4) is 0 Å². The normalized spacial score (nSPS) is 10.8. The highest BCUT2D eigenvalue weighted by atomic mass is 35.5. The summed E-state index contributed by atoms with van der Waals surface area (Å²) in [6.45, 7) is 5.62. The van der Waals surface area contributed by atoms with E-state index in [0.717, 1.165) is 37.2 Å². The molecule has 0 fully saturated rings. The van der Waals surface area contributed by atoms with Gasteiger partial charge in [0.1, 0.15) is 0 Å². The Balaban J connectivity index is 0.00000300. The van der Waals surface area contributed by atoms with Crippen molar-refractivity contribution in [2.24, 2.45) is 0 Å². The van der Waals surface area contributed by atoms with E-state index in [0.29, 0.717) is 27.1 Å². The third-order valence-electron chi connectivity index (χ3n) is 4.58.